The average molecular weight is 385 g/mol. The molecule has 0 atom stereocenters. The van der Waals surface area contributed by atoms with Crippen LogP contribution in [-0.2, 0) is 4.79 Å². The molecule has 148 valence electrons. The molecule has 2 heteroatoms. The molecule has 0 unspecified atom stereocenters. The zero-order valence-electron chi connectivity index (χ0n) is 17.6. The molecule has 0 aliphatic heterocycles. The summed E-state index contributed by atoms with van der Waals surface area (Å²) in [7, 11) is 0. The zero-order chi connectivity index (χ0) is 20.8. The molecule has 3 aromatic rings. The van der Waals surface area contributed by atoms with E-state index < -0.39 is 0 Å². The largest absolute Gasteiger partial charge is 0.423 e. The maximum atomic E-state index is 12.1. The Hall–Kier alpha value is -3.13. The number of ether oxygens (including phenoxy) is 1. The Morgan fingerprint density at radius 3 is 1.62 bits per heavy atom. The summed E-state index contributed by atoms with van der Waals surface area (Å²) < 4.78 is 5.41. The predicted molar refractivity (Wildman–Crippen MR) is 121 cm³/mol. The Labute approximate surface area is 173 Å². The fourth-order valence-electron chi connectivity index (χ4n) is 3.08. The SMILES string of the molecule is CC(C)c1ccc(/C=C/C(=O)Oc2ccc(-c3ccc(C(C)C)cc3)cc2)cc1. The Bertz CT molecular complexity index is 961. The number of rotatable bonds is 6. The Balaban J connectivity index is 1.60. The Kier molecular flexibility index (Phi) is 6.66. The van der Waals surface area contributed by atoms with Crippen molar-refractivity contribution in [3.05, 3.63) is 95.6 Å². The van der Waals surface area contributed by atoms with Crippen LogP contribution in [0.2, 0.25) is 0 Å². The number of carbonyl (C=O) groups excluding carboxylic acids is 1. The van der Waals surface area contributed by atoms with Crippen LogP contribution in [0, 0.1) is 0 Å². The van der Waals surface area contributed by atoms with Crippen molar-refractivity contribution in [1.82, 2.24) is 0 Å². The molecule has 2 nitrogen and oxygen atoms in total. The van der Waals surface area contributed by atoms with Gasteiger partial charge in [0.05, 0.1) is 0 Å². The van der Waals surface area contributed by atoms with Crippen molar-refractivity contribution in [3.8, 4) is 16.9 Å². The molecule has 3 aromatic carbocycles. The number of hydrogen-bond donors (Lipinski definition) is 0. The second-order valence-electron chi connectivity index (χ2n) is 7.88. The monoisotopic (exact) mass is 384 g/mol. The fraction of sp³-hybridized carbons (Fsp3) is 0.222. The smallest absolute Gasteiger partial charge is 0.336 e. The maximum Gasteiger partial charge on any atom is 0.336 e. The van der Waals surface area contributed by atoms with E-state index in [1.807, 2.05) is 36.4 Å². The minimum Gasteiger partial charge on any atom is -0.423 e. The third kappa shape index (κ3) is 5.68. The molecule has 0 fully saturated rings. The summed E-state index contributed by atoms with van der Waals surface area (Å²) >= 11 is 0. The highest BCUT2D eigenvalue weighted by Crippen LogP contribution is 2.25. The molecule has 0 saturated carbocycles. The van der Waals surface area contributed by atoms with E-state index in [1.54, 1.807) is 6.08 Å². The molecule has 0 N–H and O–H groups in total. The highest BCUT2D eigenvalue weighted by Gasteiger charge is 2.04. The lowest BCUT2D eigenvalue weighted by Gasteiger charge is -2.08. The maximum absolute atomic E-state index is 12.1. The third-order valence-corrected chi connectivity index (χ3v) is 5.00. The van der Waals surface area contributed by atoms with Gasteiger partial charge in [-0.05, 0) is 57.9 Å². The van der Waals surface area contributed by atoms with Gasteiger partial charge in [0.2, 0.25) is 0 Å². The lowest BCUT2D eigenvalue weighted by molar-refractivity contribution is -0.128. The molecular weight excluding hydrogens is 356 g/mol. The molecule has 0 heterocycles. The van der Waals surface area contributed by atoms with Gasteiger partial charge in [0, 0.05) is 6.08 Å². The average Bonchev–Trinajstić information content (AvgIpc) is 2.73. The van der Waals surface area contributed by atoms with Gasteiger partial charge in [0.1, 0.15) is 5.75 Å². The first-order chi connectivity index (χ1) is 13.9. The topological polar surface area (TPSA) is 26.3 Å². The van der Waals surface area contributed by atoms with E-state index >= 15 is 0 Å². The first-order valence-electron chi connectivity index (χ1n) is 10.1. The van der Waals surface area contributed by atoms with Crippen LogP contribution >= 0.6 is 0 Å². The zero-order valence-corrected chi connectivity index (χ0v) is 17.6. The number of esters is 1. The minimum absolute atomic E-state index is 0.382. The second-order valence-corrected chi connectivity index (χ2v) is 7.88. The predicted octanol–water partition coefficient (Wildman–Crippen LogP) is 7.22. The summed E-state index contributed by atoms with van der Waals surface area (Å²) in [5, 5.41) is 0. The van der Waals surface area contributed by atoms with E-state index in [4.69, 9.17) is 4.74 Å². The van der Waals surface area contributed by atoms with Gasteiger partial charge in [-0.25, -0.2) is 4.79 Å². The van der Waals surface area contributed by atoms with Crippen molar-refractivity contribution in [2.75, 3.05) is 0 Å². The highest BCUT2D eigenvalue weighted by molar-refractivity contribution is 5.88. The molecule has 0 spiro atoms. The van der Waals surface area contributed by atoms with Crippen molar-refractivity contribution in [3.63, 3.8) is 0 Å². The van der Waals surface area contributed by atoms with Crippen LogP contribution < -0.4 is 4.74 Å². The lowest BCUT2D eigenvalue weighted by atomic mass is 9.99. The summed E-state index contributed by atoms with van der Waals surface area (Å²) in [4.78, 5) is 12.1. The normalized spacial score (nSPS) is 11.4. The standard InChI is InChI=1S/C27H28O2/c1-19(2)22-8-5-21(6-9-22)7-18-27(28)29-26-16-14-25(15-17-26)24-12-10-23(11-13-24)20(3)4/h5-20H,1-4H3/b18-7+. The van der Waals surface area contributed by atoms with Crippen LogP contribution in [0.4, 0.5) is 0 Å². The third-order valence-electron chi connectivity index (χ3n) is 5.00. The van der Waals surface area contributed by atoms with Crippen molar-refractivity contribution >= 4 is 12.0 Å². The van der Waals surface area contributed by atoms with Gasteiger partial charge < -0.3 is 4.74 Å². The molecule has 3 rings (SSSR count). The van der Waals surface area contributed by atoms with Crippen LogP contribution in [0.15, 0.2) is 78.9 Å². The lowest BCUT2D eigenvalue weighted by Crippen LogP contribution is -2.03. The minimum atomic E-state index is -0.382. The van der Waals surface area contributed by atoms with E-state index in [-0.39, 0.29) is 5.97 Å². The number of benzene rings is 3. The van der Waals surface area contributed by atoms with Gasteiger partial charge in [-0.3, -0.25) is 0 Å². The first kappa shape index (κ1) is 20.6. The van der Waals surface area contributed by atoms with Crippen molar-refractivity contribution in [2.24, 2.45) is 0 Å². The van der Waals surface area contributed by atoms with Gasteiger partial charge >= 0.3 is 5.97 Å². The fourth-order valence-corrected chi connectivity index (χ4v) is 3.08. The van der Waals surface area contributed by atoms with Gasteiger partial charge in [0.25, 0.3) is 0 Å². The molecule has 0 aliphatic carbocycles. The molecular formula is C27H28O2. The van der Waals surface area contributed by atoms with E-state index in [9.17, 15) is 4.79 Å². The summed E-state index contributed by atoms with van der Waals surface area (Å²) in [6.07, 6.45) is 3.24. The summed E-state index contributed by atoms with van der Waals surface area (Å²) in [6.45, 7) is 8.70. The van der Waals surface area contributed by atoms with E-state index in [0.29, 0.717) is 17.6 Å². The summed E-state index contributed by atoms with van der Waals surface area (Å²) in [5.74, 6) is 1.17. The molecule has 0 aliphatic rings. The van der Waals surface area contributed by atoms with Gasteiger partial charge in [-0.1, -0.05) is 88.4 Å². The van der Waals surface area contributed by atoms with Crippen LogP contribution in [0.25, 0.3) is 17.2 Å². The van der Waals surface area contributed by atoms with Crippen LogP contribution in [0.3, 0.4) is 0 Å². The van der Waals surface area contributed by atoms with E-state index in [2.05, 4.69) is 64.1 Å². The summed E-state index contributed by atoms with van der Waals surface area (Å²) in [6, 6.07) is 24.4. The molecule has 0 amide bonds. The van der Waals surface area contributed by atoms with Crippen molar-refractivity contribution in [2.45, 2.75) is 39.5 Å². The highest BCUT2D eigenvalue weighted by atomic mass is 16.5. The summed E-state index contributed by atoms with van der Waals surface area (Å²) in [5.41, 5.74) is 5.83. The van der Waals surface area contributed by atoms with Crippen LogP contribution in [0.5, 0.6) is 5.75 Å². The Morgan fingerprint density at radius 1 is 0.690 bits per heavy atom. The van der Waals surface area contributed by atoms with Crippen molar-refractivity contribution < 1.29 is 9.53 Å². The Morgan fingerprint density at radius 2 is 1.14 bits per heavy atom. The molecule has 0 saturated heterocycles. The first-order valence-corrected chi connectivity index (χ1v) is 10.1. The number of carbonyl (C=O) groups is 1. The molecule has 0 bridgehead atoms. The molecule has 29 heavy (non-hydrogen) atoms. The van der Waals surface area contributed by atoms with Crippen LogP contribution in [-0.4, -0.2) is 5.97 Å². The van der Waals surface area contributed by atoms with Gasteiger partial charge in [-0.2, -0.15) is 0 Å². The quantitative estimate of drug-likeness (QED) is 0.255. The second kappa shape index (κ2) is 9.38. The van der Waals surface area contributed by atoms with Crippen LogP contribution in [0.1, 0.15) is 56.2 Å². The number of hydrogen-bond acceptors (Lipinski definition) is 2. The molecule has 0 radical (unpaired) electrons. The van der Waals surface area contributed by atoms with Gasteiger partial charge in [0.15, 0.2) is 0 Å². The molecule has 0 aromatic heterocycles. The van der Waals surface area contributed by atoms with Gasteiger partial charge in [-0.15, -0.1) is 0 Å². The van der Waals surface area contributed by atoms with E-state index in [1.165, 1.54) is 17.2 Å². The van der Waals surface area contributed by atoms with E-state index in [0.717, 1.165) is 16.7 Å². The van der Waals surface area contributed by atoms with Crippen molar-refractivity contribution in [1.29, 1.82) is 0 Å².